The molecule has 0 heterocycles. The Morgan fingerprint density at radius 2 is 1.76 bits per heavy atom. The molecule has 0 spiro atoms. The number of amides is 3. The monoisotopic (exact) mass is 508 g/mol. The number of carbonyl (C=O) groups excluding carboxylic acids is 2. The number of nitrogens with one attached hydrogen (secondary N) is 2. The first-order chi connectivity index (χ1) is 16.1. The van der Waals surface area contributed by atoms with Gasteiger partial charge in [0.1, 0.15) is 0 Å². The van der Waals surface area contributed by atoms with Crippen LogP contribution < -0.4 is 22.1 Å². The van der Waals surface area contributed by atoms with Gasteiger partial charge in [0.15, 0.2) is 5.96 Å². The number of carbonyl (C=O) groups is 3. The maximum absolute atomic E-state index is 13.1. The number of aliphatic carboxylic acids is 1. The molecule has 34 heavy (non-hydrogen) atoms. The van der Waals surface area contributed by atoms with Crippen molar-refractivity contribution in [1.82, 2.24) is 10.2 Å². The summed E-state index contributed by atoms with van der Waals surface area (Å²) in [6, 6.07) is 12.2. The van der Waals surface area contributed by atoms with Gasteiger partial charge in [0.05, 0.1) is 10.0 Å². The molecule has 3 amide bonds. The Hall–Kier alpha value is -3.34. The summed E-state index contributed by atoms with van der Waals surface area (Å²) >= 11 is 12.0. The number of benzene rings is 2. The molecular weight excluding hydrogens is 483 g/mol. The van der Waals surface area contributed by atoms with Gasteiger partial charge in [-0.3, -0.25) is 15.1 Å². The topological polar surface area (TPSA) is 163 Å². The highest BCUT2D eigenvalue weighted by Gasteiger charge is 2.48. The Bertz CT molecular complexity index is 1060. The van der Waals surface area contributed by atoms with E-state index in [4.69, 9.17) is 34.7 Å². The first-order valence-electron chi connectivity index (χ1n) is 10.2. The third-order valence-electron chi connectivity index (χ3n) is 4.84. The second kappa shape index (κ2) is 12.2. The van der Waals surface area contributed by atoms with E-state index >= 15 is 0 Å². The number of carboxylic acids is 1. The fourth-order valence-electron chi connectivity index (χ4n) is 3.28. The smallest absolute Gasteiger partial charge is 0.345 e. The number of anilines is 1. The van der Waals surface area contributed by atoms with Crippen LogP contribution in [0.3, 0.4) is 0 Å². The van der Waals surface area contributed by atoms with Gasteiger partial charge in [-0.2, -0.15) is 0 Å². The minimum absolute atomic E-state index is 0.0338. The van der Waals surface area contributed by atoms with E-state index in [-0.39, 0.29) is 36.9 Å². The number of hydrogen-bond acceptors (Lipinski definition) is 5. The lowest BCUT2D eigenvalue weighted by Gasteiger charge is -2.39. The van der Waals surface area contributed by atoms with Crippen molar-refractivity contribution in [2.75, 3.05) is 11.9 Å². The molecule has 12 heteroatoms. The number of guanidine groups is 1. The van der Waals surface area contributed by atoms with Gasteiger partial charge in [0.25, 0.3) is 0 Å². The van der Waals surface area contributed by atoms with Gasteiger partial charge in [0.2, 0.25) is 11.6 Å². The quantitative estimate of drug-likeness (QED) is 0.142. The molecule has 0 fully saturated rings. The standard InChI is InChI=1S/C22H26Cl2N6O4/c1-14(31)30(21(34)29-16-6-3-2-4-7-16)22(19(32)33,10-5-11-27-20(25)26)28-13-15-8-9-17(23)18(24)12-15/h2-4,6-9,12,28H,5,10-11,13H2,1H3,(H,29,34)(H,32,33)(H4,25,26,27)/t22-/m0/s1. The summed E-state index contributed by atoms with van der Waals surface area (Å²) in [7, 11) is 0. The van der Waals surface area contributed by atoms with Crippen molar-refractivity contribution < 1.29 is 19.5 Å². The summed E-state index contributed by atoms with van der Waals surface area (Å²) in [6.45, 7) is 1.17. The highest BCUT2D eigenvalue weighted by molar-refractivity contribution is 6.42. The maximum Gasteiger partial charge on any atom is 0.345 e. The fraction of sp³-hybridized carbons (Fsp3) is 0.273. The van der Waals surface area contributed by atoms with E-state index in [1.54, 1.807) is 48.5 Å². The highest BCUT2D eigenvalue weighted by atomic mass is 35.5. The van der Waals surface area contributed by atoms with Crippen LogP contribution in [0.25, 0.3) is 0 Å². The second-order valence-corrected chi connectivity index (χ2v) is 8.14. The molecule has 0 saturated heterocycles. The Morgan fingerprint density at radius 1 is 1.09 bits per heavy atom. The van der Waals surface area contributed by atoms with Gasteiger partial charge in [-0.1, -0.05) is 47.5 Å². The van der Waals surface area contributed by atoms with Gasteiger partial charge in [0, 0.05) is 25.7 Å². The van der Waals surface area contributed by atoms with Crippen LogP contribution in [-0.4, -0.2) is 46.1 Å². The molecule has 0 saturated carbocycles. The Balaban J connectivity index is 2.43. The number of urea groups is 1. The van der Waals surface area contributed by atoms with Crippen LogP contribution in [-0.2, 0) is 16.1 Å². The van der Waals surface area contributed by atoms with Crippen molar-refractivity contribution in [3.8, 4) is 0 Å². The van der Waals surface area contributed by atoms with Crippen LogP contribution in [0, 0.1) is 0 Å². The zero-order valence-electron chi connectivity index (χ0n) is 18.4. The molecule has 0 aliphatic carbocycles. The van der Waals surface area contributed by atoms with Crippen molar-refractivity contribution in [3.63, 3.8) is 0 Å². The van der Waals surface area contributed by atoms with E-state index < -0.39 is 23.6 Å². The van der Waals surface area contributed by atoms with Gasteiger partial charge in [-0.05, 0) is 42.7 Å². The number of carboxylic acid groups (broad SMARTS) is 1. The number of nitrogens with zero attached hydrogens (tertiary/aromatic N) is 2. The minimum atomic E-state index is -2.12. The fourth-order valence-corrected chi connectivity index (χ4v) is 3.61. The third kappa shape index (κ3) is 7.08. The summed E-state index contributed by atoms with van der Waals surface area (Å²) in [5.41, 5.74) is 9.57. The van der Waals surface area contributed by atoms with Gasteiger partial charge >= 0.3 is 12.0 Å². The summed E-state index contributed by atoms with van der Waals surface area (Å²) in [5, 5.41) is 16.3. The van der Waals surface area contributed by atoms with Crippen LogP contribution in [0.5, 0.6) is 0 Å². The Labute approximate surface area is 206 Å². The molecule has 2 aromatic rings. The number of hydrogen-bond donors (Lipinski definition) is 5. The summed E-state index contributed by atoms with van der Waals surface area (Å²) in [5.74, 6) is -2.37. The lowest BCUT2D eigenvalue weighted by molar-refractivity contribution is -0.158. The van der Waals surface area contributed by atoms with Crippen LogP contribution in [0.2, 0.25) is 10.0 Å². The van der Waals surface area contributed by atoms with Gasteiger partial charge in [-0.25, -0.2) is 14.5 Å². The first kappa shape index (κ1) is 26.9. The zero-order chi connectivity index (χ0) is 25.3. The molecule has 10 nitrogen and oxygen atoms in total. The molecule has 182 valence electrons. The molecule has 1 atom stereocenters. The number of rotatable bonds is 10. The average Bonchev–Trinajstić information content (AvgIpc) is 2.77. The minimum Gasteiger partial charge on any atom is -0.478 e. The van der Waals surface area contributed by atoms with Crippen molar-refractivity contribution in [1.29, 1.82) is 0 Å². The third-order valence-corrected chi connectivity index (χ3v) is 5.58. The van der Waals surface area contributed by atoms with E-state index in [0.717, 1.165) is 6.92 Å². The Morgan fingerprint density at radius 3 is 2.32 bits per heavy atom. The number of imide groups is 1. The van der Waals surface area contributed by atoms with Crippen LogP contribution in [0.4, 0.5) is 10.5 Å². The number of nitrogens with two attached hydrogens (primary N) is 2. The Kier molecular flexibility index (Phi) is 9.67. The zero-order valence-corrected chi connectivity index (χ0v) is 19.9. The van der Waals surface area contributed by atoms with Gasteiger partial charge in [-0.15, -0.1) is 0 Å². The summed E-state index contributed by atoms with van der Waals surface area (Å²) < 4.78 is 0. The number of para-hydroxylation sites is 1. The predicted octanol–water partition coefficient (Wildman–Crippen LogP) is 3.00. The van der Waals surface area contributed by atoms with Gasteiger partial charge < -0.3 is 21.9 Å². The van der Waals surface area contributed by atoms with Crippen molar-refractivity contribution in [3.05, 3.63) is 64.1 Å². The van der Waals surface area contributed by atoms with Crippen molar-refractivity contribution in [2.45, 2.75) is 32.0 Å². The summed E-state index contributed by atoms with van der Waals surface area (Å²) in [6.07, 6.45) is -0.0246. The van der Waals surface area contributed by atoms with Crippen molar-refractivity contribution >= 4 is 52.8 Å². The average molecular weight is 509 g/mol. The second-order valence-electron chi connectivity index (χ2n) is 7.33. The lowest BCUT2D eigenvalue weighted by Crippen LogP contribution is -2.67. The van der Waals surface area contributed by atoms with Crippen LogP contribution in [0.15, 0.2) is 53.5 Å². The molecule has 0 aliphatic rings. The predicted molar refractivity (Wildman–Crippen MR) is 132 cm³/mol. The number of halogens is 2. The van der Waals surface area contributed by atoms with Crippen molar-refractivity contribution in [2.24, 2.45) is 16.5 Å². The molecule has 7 N–H and O–H groups in total. The number of aliphatic imine (C=N–C) groups is 1. The lowest BCUT2D eigenvalue weighted by atomic mass is 10.00. The first-order valence-corrected chi connectivity index (χ1v) is 11.0. The molecule has 0 aromatic heterocycles. The molecule has 0 radical (unpaired) electrons. The molecule has 0 unspecified atom stereocenters. The van der Waals surface area contributed by atoms with Crippen LogP contribution >= 0.6 is 23.2 Å². The summed E-state index contributed by atoms with van der Waals surface area (Å²) in [4.78, 5) is 42.9. The van der Waals surface area contributed by atoms with E-state index in [1.807, 2.05) is 0 Å². The molecule has 0 bridgehead atoms. The van der Waals surface area contributed by atoms with E-state index in [0.29, 0.717) is 21.2 Å². The normalized spacial score (nSPS) is 12.3. The van der Waals surface area contributed by atoms with E-state index in [9.17, 15) is 19.5 Å². The van der Waals surface area contributed by atoms with E-state index in [2.05, 4.69) is 15.6 Å². The molecule has 0 aliphatic heterocycles. The highest BCUT2D eigenvalue weighted by Crippen LogP contribution is 2.26. The molecular formula is C22H26Cl2N6O4. The molecule has 2 aromatic carbocycles. The SMILES string of the molecule is CC(=O)N(C(=O)Nc1ccccc1)[C@](CCCN=C(N)N)(NCc1ccc(Cl)c(Cl)c1)C(=O)O. The maximum atomic E-state index is 13.1. The van der Waals surface area contributed by atoms with Crippen LogP contribution in [0.1, 0.15) is 25.3 Å². The largest absolute Gasteiger partial charge is 0.478 e. The molecule has 2 rings (SSSR count). The van der Waals surface area contributed by atoms with E-state index in [1.165, 1.54) is 0 Å².